The summed E-state index contributed by atoms with van der Waals surface area (Å²) in [6, 6.07) is 6.43. The number of rotatable bonds is 5. The lowest BCUT2D eigenvalue weighted by Gasteiger charge is -2.37. The van der Waals surface area contributed by atoms with Crippen LogP contribution in [0.5, 0.6) is 5.75 Å². The van der Waals surface area contributed by atoms with Gasteiger partial charge in [-0.2, -0.15) is 0 Å². The van der Waals surface area contributed by atoms with Gasteiger partial charge in [-0.25, -0.2) is 9.97 Å². The molecule has 1 aromatic carbocycles. The van der Waals surface area contributed by atoms with Gasteiger partial charge in [0.25, 0.3) is 0 Å². The topological polar surface area (TPSA) is 70.6 Å². The maximum absolute atomic E-state index is 12.5. The van der Waals surface area contributed by atoms with E-state index in [1.54, 1.807) is 25.4 Å². The summed E-state index contributed by atoms with van der Waals surface area (Å²) in [5, 5.41) is 2.72. The predicted octanol–water partition coefficient (Wildman–Crippen LogP) is 2.52. The van der Waals surface area contributed by atoms with Crippen LogP contribution < -0.4 is 15.0 Å². The third kappa shape index (κ3) is 5.32. The first-order valence-electron chi connectivity index (χ1n) is 8.74. The summed E-state index contributed by atoms with van der Waals surface area (Å²) in [6.07, 6.45) is -1.36. The first-order valence-corrected chi connectivity index (χ1v) is 8.74. The number of hydrogen-bond donors (Lipinski definition) is 1. The number of amides is 1. The lowest BCUT2D eigenvalue weighted by molar-refractivity contribution is -0.274. The summed E-state index contributed by atoms with van der Waals surface area (Å²) in [4.78, 5) is 25.0. The van der Waals surface area contributed by atoms with E-state index in [0.717, 1.165) is 12.1 Å². The zero-order valence-electron chi connectivity index (χ0n) is 15.2. The lowest BCUT2D eigenvalue weighted by Crippen LogP contribution is -2.53. The Hall–Kier alpha value is -2.88. The molecule has 0 radical (unpaired) electrons. The summed E-state index contributed by atoms with van der Waals surface area (Å²) in [6.45, 7) is 4.54. The van der Waals surface area contributed by atoms with Crippen molar-refractivity contribution in [2.45, 2.75) is 19.3 Å². The van der Waals surface area contributed by atoms with Crippen LogP contribution >= 0.6 is 0 Å². The normalized spacial score (nSPS) is 16.5. The molecule has 1 fully saturated rings. The molecule has 1 aliphatic rings. The minimum absolute atomic E-state index is 0.228. The number of aromatic nitrogens is 2. The summed E-state index contributed by atoms with van der Waals surface area (Å²) < 4.78 is 40.4. The lowest BCUT2D eigenvalue weighted by atomic mass is 10.2. The van der Waals surface area contributed by atoms with Crippen molar-refractivity contribution in [3.8, 4) is 5.75 Å². The van der Waals surface area contributed by atoms with Gasteiger partial charge < -0.3 is 15.0 Å². The van der Waals surface area contributed by atoms with Gasteiger partial charge >= 0.3 is 6.36 Å². The molecule has 7 nitrogen and oxygen atoms in total. The highest BCUT2D eigenvalue weighted by atomic mass is 19.4. The SMILES string of the molecule is C[C@H](C(=O)Nc1ccc(OC(F)(F)F)cc1)N1CCN(c2ncccn2)CC1. The molecule has 2 heterocycles. The number of nitrogens with one attached hydrogen (secondary N) is 1. The van der Waals surface area contributed by atoms with E-state index >= 15 is 0 Å². The van der Waals surface area contributed by atoms with Crippen molar-refractivity contribution in [2.75, 3.05) is 36.4 Å². The Morgan fingerprint density at radius 1 is 1.11 bits per heavy atom. The summed E-state index contributed by atoms with van der Waals surface area (Å²) >= 11 is 0. The van der Waals surface area contributed by atoms with Crippen LogP contribution in [0.4, 0.5) is 24.8 Å². The van der Waals surface area contributed by atoms with E-state index in [9.17, 15) is 18.0 Å². The highest BCUT2D eigenvalue weighted by molar-refractivity contribution is 5.94. The van der Waals surface area contributed by atoms with Gasteiger partial charge in [-0.15, -0.1) is 13.2 Å². The van der Waals surface area contributed by atoms with E-state index in [-0.39, 0.29) is 17.7 Å². The highest BCUT2D eigenvalue weighted by Crippen LogP contribution is 2.24. The first-order chi connectivity index (χ1) is 13.3. The first kappa shape index (κ1) is 19.9. The number of halogens is 3. The van der Waals surface area contributed by atoms with E-state index in [4.69, 9.17) is 0 Å². The van der Waals surface area contributed by atoms with Crippen LogP contribution in [0.2, 0.25) is 0 Å². The maximum Gasteiger partial charge on any atom is 0.573 e. The molecular weight excluding hydrogens is 375 g/mol. The molecule has 1 aliphatic heterocycles. The molecule has 1 aromatic heterocycles. The van der Waals surface area contributed by atoms with Gasteiger partial charge in [0.05, 0.1) is 6.04 Å². The zero-order chi connectivity index (χ0) is 20.1. The molecule has 1 atom stereocenters. The Labute approximate surface area is 160 Å². The van der Waals surface area contributed by atoms with Crippen molar-refractivity contribution in [2.24, 2.45) is 0 Å². The summed E-state index contributed by atoms with van der Waals surface area (Å²) in [5.41, 5.74) is 0.405. The standard InChI is InChI=1S/C18H20F3N5O2/c1-13(25-9-11-26(12-10-25)17-22-7-2-8-23-17)16(27)24-14-3-5-15(6-4-14)28-18(19,20)21/h2-8,13H,9-12H2,1H3,(H,24,27)/t13-/m1/s1. The average molecular weight is 395 g/mol. The van der Waals surface area contributed by atoms with Gasteiger partial charge in [-0.1, -0.05) is 0 Å². The molecule has 150 valence electrons. The Morgan fingerprint density at radius 2 is 1.71 bits per heavy atom. The van der Waals surface area contributed by atoms with Gasteiger partial charge in [0, 0.05) is 44.3 Å². The Balaban J connectivity index is 1.51. The highest BCUT2D eigenvalue weighted by Gasteiger charge is 2.31. The second-order valence-electron chi connectivity index (χ2n) is 6.31. The molecule has 28 heavy (non-hydrogen) atoms. The quantitative estimate of drug-likeness (QED) is 0.839. The molecule has 0 spiro atoms. The number of ether oxygens (including phenoxy) is 1. The Bertz CT molecular complexity index is 778. The predicted molar refractivity (Wildman–Crippen MR) is 97.0 cm³/mol. The molecule has 0 aliphatic carbocycles. The van der Waals surface area contributed by atoms with Crippen molar-refractivity contribution in [3.63, 3.8) is 0 Å². The van der Waals surface area contributed by atoms with E-state index in [2.05, 4.69) is 24.9 Å². The molecule has 10 heteroatoms. The number of alkyl halides is 3. The largest absolute Gasteiger partial charge is 0.573 e. The molecule has 2 aromatic rings. The molecule has 1 saturated heterocycles. The minimum atomic E-state index is -4.74. The van der Waals surface area contributed by atoms with Crippen molar-refractivity contribution in [1.82, 2.24) is 14.9 Å². The van der Waals surface area contributed by atoms with E-state index < -0.39 is 6.36 Å². The van der Waals surface area contributed by atoms with Gasteiger partial charge in [0.1, 0.15) is 5.75 Å². The van der Waals surface area contributed by atoms with Gasteiger partial charge in [0.15, 0.2) is 0 Å². The van der Waals surface area contributed by atoms with Crippen molar-refractivity contribution in [3.05, 3.63) is 42.7 Å². The minimum Gasteiger partial charge on any atom is -0.406 e. The molecular formula is C18H20F3N5O2. The van der Waals surface area contributed by atoms with Crippen LogP contribution in [0.15, 0.2) is 42.7 Å². The number of nitrogens with zero attached hydrogens (tertiary/aromatic N) is 4. The number of anilines is 2. The number of benzene rings is 1. The van der Waals surface area contributed by atoms with Gasteiger partial charge in [-0.3, -0.25) is 9.69 Å². The molecule has 0 unspecified atom stereocenters. The molecule has 0 bridgehead atoms. The fourth-order valence-electron chi connectivity index (χ4n) is 2.92. The van der Waals surface area contributed by atoms with Crippen LogP contribution in [0.1, 0.15) is 6.92 Å². The average Bonchev–Trinajstić information content (AvgIpc) is 2.68. The van der Waals surface area contributed by atoms with Gasteiger partial charge in [0.2, 0.25) is 11.9 Å². The number of piperazine rings is 1. The zero-order valence-corrected chi connectivity index (χ0v) is 15.2. The van der Waals surface area contributed by atoms with E-state index in [1.165, 1.54) is 12.1 Å². The Morgan fingerprint density at radius 3 is 2.29 bits per heavy atom. The smallest absolute Gasteiger partial charge is 0.406 e. The molecule has 0 saturated carbocycles. The van der Waals surface area contributed by atoms with Crippen LogP contribution in [0.3, 0.4) is 0 Å². The fraction of sp³-hybridized carbons (Fsp3) is 0.389. The van der Waals surface area contributed by atoms with Crippen LogP contribution in [-0.4, -0.2) is 59.4 Å². The van der Waals surface area contributed by atoms with E-state index in [0.29, 0.717) is 37.8 Å². The number of hydrogen-bond acceptors (Lipinski definition) is 6. The van der Waals surface area contributed by atoms with Crippen molar-refractivity contribution < 1.29 is 22.7 Å². The third-order valence-electron chi connectivity index (χ3n) is 4.43. The summed E-state index contributed by atoms with van der Waals surface area (Å²) in [5.74, 6) is 0.104. The van der Waals surface area contributed by atoms with Gasteiger partial charge in [-0.05, 0) is 37.3 Å². The molecule has 1 amide bonds. The van der Waals surface area contributed by atoms with Crippen molar-refractivity contribution in [1.29, 1.82) is 0 Å². The maximum atomic E-state index is 12.5. The van der Waals surface area contributed by atoms with Crippen LogP contribution in [0, 0.1) is 0 Å². The van der Waals surface area contributed by atoms with Crippen LogP contribution in [0.25, 0.3) is 0 Å². The Kier molecular flexibility index (Phi) is 5.98. The number of carbonyl (C=O) groups is 1. The second kappa shape index (κ2) is 8.42. The van der Waals surface area contributed by atoms with Crippen molar-refractivity contribution >= 4 is 17.5 Å². The molecule has 3 rings (SSSR count). The second-order valence-corrected chi connectivity index (χ2v) is 6.31. The van der Waals surface area contributed by atoms with Crippen LogP contribution in [-0.2, 0) is 4.79 Å². The monoisotopic (exact) mass is 395 g/mol. The van der Waals surface area contributed by atoms with E-state index in [1.807, 2.05) is 4.90 Å². The third-order valence-corrected chi connectivity index (χ3v) is 4.43. The summed E-state index contributed by atoms with van der Waals surface area (Å²) in [7, 11) is 0. The molecule has 1 N–H and O–H groups in total. The fourth-order valence-corrected chi connectivity index (χ4v) is 2.92. The number of carbonyl (C=O) groups excluding carboxylic acids is 1.